The lowest BCUT2D eigenvalue weighted by Crippen LogP contribution is -1.97. The Morgan fingerprint density at radius 1 is 1.22 bits per heavy atom. The fourth-order valence-corrected chi connectivity index (χ4v) is 3.33. The highest BCUT2D eigenvalue weighted by molar-refractivity contribution is 5.98. The Balaban J connectivity index is 1.95. The zero-order valence-electron chi connectivity index (χ0n) is 13.4. The van der Waals surface area contributed by atoms with Crippen molar-refractivity contribution in [3.05, 3.63) is 71.7 Å². The molecule has 2 N–H and O–H groups in total. The number of aromatic nitrogens is 3. The van der Waals surface area contributed by atoms with Gasteiger partial charge in [0, 0.05) is 22.7 Å². The first-order valence-corrected chi connectivity index (χ1v) is 7.93. The third kappa shape index (κ3) is 2.08. The van der Waals surface area contributed by atoms with E-state index in [1.807, 2.05) is 30.5 Å². The van der Waals surface area contributed by atoms with Crippen molar-refractivity contribution in [1.82, 2.24) is 15.0 Å². The van der Waals surface area contributed by atoms with Gasteiger partial charge >= 0.3 is 0 Å². The minimum Gasteiger partial charge on any atom is -0.361 e. The topological polar surface area (TPSA) is 44.5 Å². The van der Waals surface area contributed by atoms with Crippen LogP contribution in [-0.4, -0.2) is 15.0 Å². The van der Waals surface area contributed by atoms with E-state index in [-0.39, 0.29) is 0 Å². The predicted molar refractivity (Wildman–Crippen MR) is 96.6 cm³/mol. The molecule has 0 saturated heterocycles. The first-order valence-electron chi connectivity index (χ1n) is 7.93. The molecule has 4 rings (SSSR count). The lowest BCUT2D eigenvalue weighted by atomic mass is 9.93. The number of fused-ring (bicyclic) bond motifs is 2. The van der Waals surface area contributed by atoms with E-state index >= 15 is 0 Å². The van der Waals surface area contributed by atoms with Gasteiger partial charge in [-0.25, -0.2) is 4.98 Å². The van der Waals surface area contributed by atoms with E-state index in [1.165, 1.54) is 27.6 Å². The lowest BCUT2D eigenvalue weighted by Gasteiger charge is -2.13. The van der Waals surface area contributed by atoms with Gasteiger partial charge in [0.2, 0.25) is 0 Å². The third-order valence-corrected chi connectivity index (χ3v) is 4.48. The van der Waals surface area contributed by atoms with E-state index in [2.05, 4.69) is 42.5 Å². The molecule has 3 nitrogen and oxygen atoms in total. The summed E-state index contributed by atoms with van der Waals surface area (Å²) in [7, 11) is 0. The standard InChI is InChI=1S/C20H19N3/c1-4-14-11-12(2)19-15(9-10-21-19)18(14)13(3)20-22-16-7-5-6-8-17(16)23-20/h5-11,21H,3-4H2,1-2H3,(H,22,23). The van der Waals surface area contributed by atoms with Crippen LogP contribution in [0.3, 0.4) is 0 Å². The molecule has 0 fully saturated rings. The van der Waals surface area contributed by atoms with Crippen LogP contribution in [0.15, 0.2) is 49.2 Å². The maximum Gasteiger partial charge on any atom is 0.138 e. The minimum absolute atomic E-state index is 0.840. The molecular formula is C20H19N3. The molecule has 2 aromatic carbocycles. The molecule has 3 heteroatoms. The zero-order valence-corrected chi connectivity index (χ0v) is 13.4. The number of H-pyrrole nitrogens is 2. The molecule has 0 aliphatic heterocycles. The normalized spacial score (nSPS) is 11.4. The second-order valence-corrected chi connectivity index (χ2v) is 5.93. The van der Waals surface area contributed by atoms with Gasteiger partial charge in [0.1, 0.15) is 5.82 Å². The van der Waals surface area contributed by atoms with Crippen molar-refractivity contribution in [2.45, 2.75) is 20.3 Å². The summed E-state index contributed by atoms with van der Waals surface area (Å²) in [5, 5.41) is 1.22. The number of hydrogen-bond donors (Lipinski definition) is 2. The van der Waals surface area contributed by atoms with Crippen LogP contribution >= 0.6 is 0 Å². The van der Waals surface area contributed by atoms with E-state index in [1.54, 1.807) is 0 Å². The first-order chi connectivity index (χ1) is 11.2. The van der Waals surface area contributed by atoms with Gasteiger partial charge in [0.15, 0.2) is 0 Å². The van der Waals surface area contributed by atoms with Crippen LogP contribution < -0.4 is 0 Å². The number of hydrogen-bond acceptors (Lipinski definition) is 1. The van der Waals surface area contributed by atoms with Crippen molar-refractivity contribution in [3.8, 4) is 0 Å². The van der Waals surface area contributed by atoms with Crippen molar-refractivity contribution in [2.75, 3.05) is 0 Å². The molecule has 0 amide bonds. The quantitative estimate of drug-likeness (QED) is 0.551. The highest BCUT2D eigenvalue weighted by Crippen LogP contribution is 2.33. The molecule has 0 aliphatic rings. The number of nitrogens with zero attached hydrogens (tertiary/aromatic N) is 1. The van der Waals surface area contributed by atoms with Gasteiger partial charge in [0.05, 0.1) is 11.0 Å². The molecule has 114 valence electrons. The molecule has 0 saturated carbocycles. The number of aromatic amines is 2. The minimum atomic E-state index is 0.840. The Labute approximate surface area is 135 Å². The fourth-order valence-electron chi connectivity index (χ4n) is 3.33. The van der Waals surface area contributed by atoms with Gasteiger partial charge in [-0.05, 0) is 48.2 Å². The van der Waals surface area contributed by atoms with Crippen LogP contribution in [0, 0.1) is 6.92 Å². The van der Waals surface area contributed by atoms with Gasteiger partial charge in [-0.1, -0.05) is 31.7 Å². The lowest BCUT2D eigenvalue weighted by molar-refractivity contribution is 1.12. The molecule has 0 atom stereocenters. The van der Waals surface area contributed by atoms with Crippen LogP contribution in [0.1, 0.15) is 29.4 Å². The number of benzene rings is 2. The van der Waals surface area contributed by atoms with E-state index in [0.717, 1.165) is 28.9 Å². The van der Waals surface area contributed by atoms with Crippen molar-refractivity contribution in [1.29, 1.82) is 0 Å². The molecule has 2 aromatic heterocycles. The van der Waals surface area contributed by atoms with Crippen LogP contribution in [0.5, 0.6) is 0 Å². The van der Waals surface area contributed by atoms with Crippen LogP contribution in [0.25, 0.3) is 27.5 Å². The van der Waals surface area contributed by atoms with Crippen LogP contribution in [0.4, 0.5) is 0 Å². The van der Waals surface area contributed by atoms with E-state index in [4.69, 9.17) is 4.98 Å². The largest absolute Gasteiger partial charge is 0.361 e. The highest BCUT2D eigenvalue weighted by atomic mass is 14.9. The fraction of sp³-hybridized carbons (Fsp3) is 0.150. The molecule has 0 unspecified atom stereocenters. The summed E-state index contributed by atoms with van der Waals surface area (Å²) in [6.07, 6.45) is 2.96. The Hall–Kier alpha value is -2.81. The van der Waals surface area contributed by atoms with E-state index in [0.29, 0.717) is 0 Å². The molecule has 0 bridgehead atoms. The Kier molecular flexibility index (Phi) is 3.08. The van der Waals surface area contributed by atoms with Crippen LogP contribution in [-0.2, 0) is 6.42 Å². The Morgan fingerprint density at radius 3 is 2.83 bits per heavy atom. The van der Waals surface area contributed by atoms with E-state index in [9.17, 15) is 0 Å². The zero-order chi connectivity index (χ0) is 16.0. The summed E-state index contributed by atoms with van der Waals surface area (Å²) in [5.41, 5.74) is 7.90. The van der Waals surface area contributed by atoms with Crippen LogP contribution in [0.2, 0.25) is 0 Å². The van der Waals surface area contributed by atoms with Gasteiger partial charge < -0.3 is 9.97 Å². The molecule has 0 spiro atoms. The number of imidazole rings is 1. The summed E-state index contributed by atoms with van der Waals surface area (Å²) in [5.74, 6) is 0.840. The number of aryl methyl sites for hydroxylation is 2. The van der Waals surface area contributed by atoms with Crippen molar-refractivity contribution >= 4 is 27.5 Å². The Bertz CT molecular complexity index is 1000. The third-order valence-electron chi connectivity index (χ3n) is 4.48. The molecule has 0 radical (unpaired) electrons. The maximum absolute atomic E-state index is 4.71. The molecule has 4 aromatic rings. The first kappa shape index (κ1) is 13.8. The SMILES string of the molecule is C=C(c1nc2ccccc2[nH]1)c1c(CC)cc(C)c2[nH]ccc12. The molecule has 0 aliphatic carbocycles. The summed E-state index contributed by atoms with van der Waals surface area (Å²) < 4.78 is 0. The summed E-state index contributed by atoms with van der Waals surface area (Å²) in [6, 6.07) is 12.5. The number of nitrogens with one attached hydrogen (secondary N) is 2. The molecule has 23 heavy (non-hydrogen) atoms. The van der Waals surface area contributed by atoms with Crippen molar-refractivity contribution in [3.63, 3.8) is 0 Å². The van der Waals surface area contributed by atoms with Crippen molar-refractivity contribution < 1.29 is 0 Å². The van der Waals surface area contributed by atoms with Gasteiger partial charge in [-0.3, -0.25) is 0 Å². The second kappa shape index (κ2) is 5.13. The summed E-state index contributed by atoms with van der Waals surface area (Å²) in [4.78, 5) is 11.4. The smallest absolute Gasteiger partial charge is 0.138 e. The predicted octanol–water partition coefficient (Wildman–Crippen LogP) is 4.98. The number of rotatable bonds is 3. The monoisotopic (exact) mass is 301 g/mol. The van der Waals surface area contributed by atoms with Gasteiger partial charge in [-0.2, -0.15) is 0 Å². The summed E-state index contributed by atoms with van der Waals surface area (Å²) in [6.45, 7) is 8.68. The second-order valence-electron chi connectivity index (χ2n) is 5.93. The Morgan fingerprint density at radius 2 is 2.04 bits per heavy atom. The van der Waals surface area contributed by atoms with Gasteiger partial charge in [0.25, 0.3) is 0 Å². The average molecular weight is 301 g/mol. The number of para-hydroxylation sites is 2. The van der Waals surface area contributed by atoms with Gasteiger partial charge in [-0.15, -0.1) is 0 Å². The highest BCUT2D eigenvalue weighted by Gasteiger charge is 2.16. The molecule has 2 heterocycles. The van der Waals surface area contributed by atoms with E-state index < -0.39 is 0 Å². The summed E-state index contributed by atoms with van der Waals surface area (Å²) >= 11 is 0. The average Bonchev–Trinajstić information content (AvgIpc) is 3.20. The maximum atomic E-state index is 4.71. The molecular weight excluding hydrogens is 282 g/mol. The van der Waals surface area contributed by atoms with Crippen molar-refractivity contribution in [2.24, 2.45) is 0 Å².